The van der Waals surface area contributed by atoms with E-state index in [0.29, 0.717) is 11.7 Å². The molecule has 0 aliphatic heterocycles. The van der Waals surface area contributed by atoms with Crippen molar-refractivity contribution in [2.45, 2.75) is 32.6 Å². The van der Waals surface area contributed by atoms with E-state index in [1.807, 2.05) is 13.0 Å². The largest absolute Gasteiger partial charge is 0.469 e. The summed E-state index contributed by atoms with van der Waals surface area (Å²) in [7, 11) is 0. The highest BCUT2D eigenvalue weighted by Crippen LogP contribution is 2.42. The molecule has 3 aromatic heterocycles. The molecule has 2 N–H and O–H groups in total. The predicted octanol–water partition coefficient (Wildman–Crippen LogP) is 3.83. The number of fused-ring (bicyclic) bond motifs is 1. The molecule has 6 heteroatoms. The van der Waals surface area contributed by atoms with Crippen LogP contribution in [0.3, 0.4) is 0 Å². The van der Waals surface area contributed by atoms with Crippen molar-refractivity contribution in [1.29, 1.82) is 0 Å². The summed E-state index contributed by atoms with van der Waals surface area (Å²) in [5, 5.41) is 4.85. The fraction of sp³-hybridized carbons (Fsp3) is 0.333. The maximum atomic E-state index is 6.18. The van der Waals surface area contributed by atoms with E-state index in [9.17, 15) is 0 Å². The second kappa shape index (κ2) is 4.73. The number of thiophene rings is 1. The van der Waals surface area contributed by atoms with Crippen molar-refractivity contribution in [2.24, 2.45) is 0 Å². The Balaban J connectivity index is 1.80. The van der Waals surface area contributed by atoms with E-state index in [1.165, 1.54) is 23.3 Å². The van der Waals surface area contributed by atoms with Crippen molar-refractivity contribution in [3.63, 3.8) is 0 Å². The standard InChI is InChI=1S/C15H15N3O2S/c1-8-9(6-7-19-8)14-17-15(20-18-14)12-10-4-2-3-5-11(10)21-13(12)16/h6-7H,2-5,16H2,1H3. The second-order valence-corrected chi connectivity index (χ2v) is 6.40. The lowest BCUT2D eigenvalue weighted by molar-refractivity contribution is 0.431. The van der Waals surface area contributed by atoms with Gasteiger partial charge in [-0.05, 0) is 44.2 Å². The van der Waals surface area contributed by atoms with E-state index in [2.05, 4.69) is 10.1 Å². The van der Waals surface area contributed by atoms with Crippen molar-refractivity contribution in [2.75, 3.05) is 5.73 Å². The van der Waals surface area contributed by atoms with Crippen LogP contribution in [-0.2, 0) is 12.8 Å². The van der Waals surface area contributed by atoms with Crippen molar-refractivity contribution in [3.05, 3.63) is 28.5 Å². The number of aromatic nitrogens is 2. The average Bonchev–Trinajstić information content (AvgIpc) is 3.15. The molecule has 0 fully saturated rings. The van der Waals surface area contributed by atoms with E-state index < -0.39 is 0 Å². The molecule has 1 aliphatic carbocycles. The molecule has 0 unspecified atom stereocenters. The van der Waals surface area contributed by atoms with Gasteiger partial charge in [-0.1, -0.05) is 5.16 Å². The molecule has 0 saturated heterocycles. The number of nitrogens with zero attached hydrogens (tertiary/aromatic N) is 2. The first-order chi connectivity index (χ1) is 10.2. The number of rotatable bonds is 2. The molecule has 0 atom stereocenters. The Hall–Kier alpha value is -2.08. The summed E-state index contributed by atoms with van der Waals surface area (Å²) in [5.41, 5.74) is 9.27. The molecule has 5 nitrogen and oxygen atoms in total. The highest BCUT2D eigenvalue weighted by Gasteiger charge is 2.25. The van der Waals surface area contributed by atoms with Gasteiger partial charge in [-0.2, -0.15) is 4.98 Å². The van der Waals surface area contributed by atoms with Gasteiger partial charge in [0.15, 0.2) is 0 Å². The van der Waals surface area contributed by atoms with Gasteiger partial charge >= 0.3 is 0 Å². The lowest BCUT2D eigenvalue weighted by atomic mass is 9.95. The Morgan fingerprint density at radius 2 is 2.14 bits per heavy atom. The third kappa shape index (κ3) is 1.98. The first-order valence-corrected chi connectivity index (χ1v) is 7.84. The maximum absolute atomic E-state index is 6.18. The van der Waals surface area contributed by atoms with Crippen LogP contribution in [0.15, 0.2) is 21.3 Å². The summed E-state index contributed by atoms with van der Waals surface area (Å²) in [6, 6.07) is 1.84. The van der Waals surface area contributed by atoms with Gasteiger partial charge < -0.3 is 14.7 Å². The number of aryl methyl sites for hydroxylation is 2. The van der Waals surface area contributed by atoms with Gasteiger partial charge in [-0.3, -0.25) is 0 Å². The number of hydrogen-bond donors (Lipinski definition) is 1. The van der Waals surface area contributed by atoms with E-state index in [1.54, 1.807) is 17.6 Å². The monoisotopic (exact) mass is 301 g/mol. The number of nitrogen functional groups attached to an aromatic ring is 1. The molecule has 0 radical (unpaired) electrons. The Kier molecular flexibility index (Phi) is 2.85. The zero-order valence-electron chi connectivity index (χ0n) is 11.7. The van der Waals surface area contributed by atoms with Crippen LogP contribution >= 0.6 is 11.3 Å². The third-order valence-electron chi connectivity index (χ3n) is 3.94. The van der Waals surface area contributed by atoms with E-state index >= 15 is 0 Å². The van der Waals surface area contributed by atoms with Crippen LogP contribution in [-0.4, -0.2) is 10.1 Å². The molecule has 1 aliphatic rings. The maximum Gasteiger partial charge on any atom is 0.261 e. The van der Waals surface area contributed by atoms with Crippen molar-refractivity contribution >= 4 is 16.3 Å². The first kappa shape index (κ1) is 12.6. The minimum absolute atomic E-state index is 0.516. The van der Waals surface area contributed by atoms with Crippen LogP contribution < -0.4 is 5.73 Å². The van der Waals surface area contributed by atoms with Crippen LogP contribution in [0.5, 0.6) is 0 Å². The quantitative estimate of drug-likeness (QED) is 0.778. The first-order valence-electron chi connectivity index (χ1n) is 7.02. The van der Waals surface area contributed by atoms with Gasteiger partial charge in [0.2, 0.25) is 5.82 Å². The van der Waals surface area contributed by atoms with Gasteiger partial charge in [-0.25, -0.2) is 0 Å². The molecule has 0 spiro atoms. The van der Waals surface area contributed by atoms with Crippen LogP contribution in [0, 0.1) is 6.92 Å². The summed E-state index contributed by atoms with van der Waals surface area (Å²) in [4.78, 5) is 5.88. The third-order valence-corrected chi connectivity index (χ3v) is 5.06. The summed E-state index contributed by atoms with van der Waals surface area (Å²) < 4.78 is 10.7. The van der Waals surface area contributed by atoms with Crippen LogP contribution in [0.25, 0.3) is 22.8 Å². The van der Waals surface area contributed by atoms with Gasteiger partial charge in [0, 0.05) is 4.88 Å². The summed E-state index contributed by atoms with van der Waals surface area (Å²) >= 11 is 1.65. The molecular weight excluding hydrogens is 286 g/mol. The molecule has 0 aromatic carbocycles. The molecule has 0 saturated carbocycles. The average molecular weight is 301 g/mol. The fourth-order valence-electron chi connectivity index (χ4n) is 2.87. The Bertz CT molecular complexity index is 800. The zero-order valence-corrected chi connectivity index (χ0v) is 12.5. The molecule has 4 rings (SSSR count). The lowest BCUT2D eigenvalue weighted by Gasteiger charge is -2.10. The molecule has 3 heterocycles. The smallest absolute Gasteiger partial charge is 0.261 e. The summed E-state index contributed by atoms with van der Waals surface area (Å²) in [6.07, 6.45) is 6.20. The lowest BCUT2D eigenvalue weighted by Crippen LogP contribution is -1.99. The Morgan fingerprint density at radius 3 is 2.95 bits per heavy atom. The normalized spacial score (nSPS) is 14.3. The summed E-state index contributed by atoms with van der Waals surface area (Å²) in [6.45, 7) is 1.88. The number of nitrogens with two attached hydrogens (primary N) is 1. The number of hydrogen-bond acceptors (Lipinski definition) is 6. The fourth-order valence-corrected chi connectivity index (χ4v) is 4.02. The molecule has 108 valence electrons. The molecular formula is C15H15N3O2S. The topological polar surface area (TPSA) is 78.1 Å². The Labute approximate surface area is 125 Å². The molecule has 0 bridgehead atoms. The van der Waals surface area contributed by atoms with Crippen LogP contribution in [0.1, 0.15) is 29.0 Å². The summed E-state index contributed by atoms with van der Waals surface area (Å²) in [5.74, 6) is 1.84. The predicted molar refractivity (Wildman–Crippen MR) is 81.1 cm³/mol. The van der Waals surface area contributed by atoms with E-state index in [-0.39, 0.29) is 0 Å². The molecule has 3 aromatic rings. The molecule has 21 heavy (non-hydrogen) atoms. The van der Waals surface area contributed by atoms with Crippen molar-refractivity contribution < 1.29 is 8.94 Å². The van der Waals surface area contributed by atoms with E-state index in [4.69, 9.17) is 14.7 Å². The highest BCUT2D eigenvalue weighted by molar-refractivity contribution is 7.16. The number of anilines is 1. The minimum Gasteiger partial charge on any atom is -0.469 e. The Morgan fingerprint density at radius 1 is 1.29 bits per heavy atom. The molecule has 0 amide bonds. The second-order valence-electron chi connectivity index (χ2n) is 5.26. The zero-order chi connectivity index (χ0) is 14.4. The SMILES string of the molecule is Cc1occc1-c1noc(-c2c(N)sc3c2CCCC3)n1. The van der Waals surface area contributed by atoms with Crippen molar-refractivity contribution in [3.8, 4) is 22.8 Å². The van der Waals surface area contributed by atoms with Crippen LogP contribution in [0.4, 0.5) is 5.00 Å². The van der Waals surface area contributed by atoms with Gasteiger partial charge in [-0.15, -0.1) is 11.3 Å². The minimum atomic E-state index is 0.516. The van der Waals surface area contributed by atoms with Crippen molar-refractivity contribution in [1.82, 2.24) is 10.1 Å². The van der Waals surface area contributed by atoms with Gasteiger partial charge in [0.05, 0.1) is 22.4 Å². The van der Waals surface area contributed by atoms with Crippen LogP contribution in [0.2, 0.25) is 0 Å². The van der Waals surface area contributed by atoms with Gasteiger partial charge in [0.1, 0.15) is 5.76 Å². The number of furan rings is 1. The van der Waals surface area contributed by atoms with Gasteiger partial charge in [0.25, 0.3) is 5.89 Å². The highest BCUT2D eigenvalue weighted by atomic mass is 32.1. The van der Waals surface area contributed by atoms with E-state index in [0.717, 1.165) is 34.7 Å².